The molecule has 168 valence electrons. The van der Waals surface area contributed by atoms with Crippen LogP contribution in [0.5, 0.6) is 0 Å². The number of aromatic nitrogens is 2. The number of benzene rings is 2. The van der Waals surface area contributed by atoms with Gasteiger partial charge in [0.1, 0.15) is 0 Å². The van der Waals surface area contributed by atoms with Crippen molar-refractivity contribution in [3.05, 3.63) is 59.1 Å². The fourth-order valence-electron chi connectivity index (χ4n) is 3.34. The van der Waals surface area contributed by atoms with E-state index in [1.165, 1.54) is 28.2 Å². The molecule has 4 rings (SSSR count). The smallest absolute Gasteiger partial charge is 0.277 e. The molecule has 1 amide bonds. The van der Waals surface area contributed by atoms with Crippen molar-refractivity contribution >= 4 is 39.3 Å². The molecule has 0 saturated carbocycles. The Kier molecular flexibility index (Phi) is 6.85. The van der Waals surface area contributed by atoms with Gasteiger partial charge in [-0.25, -0.2) is 8.42 Å². The maximum Gasteiger partial charge on any atom is 0.277 e. The number of rotatable bonds is 6. The Morgan fingerprint density at radius 3 is 2.44 bits per heavy atom. The second kappa shape index (κ2) is 9.62. The first-order valence-electron chi connectivity index (χ1n) is 9.90. The molecule has 2 aromatic carbocycles. The molecule has 0 unspecified atom stereocenters. The van der Waals surface area contributed by atoms with Crippen molar-refractivity contribution in [1.82, 2.24) is 19.4 Å². The van der Waals surface area contributed by atoms with Crippen molar-refractivity contribution in [2.45, 2.75) is 17.0 Å². The van der Waals surface area contributed by atoms with E-state index in [0.29, 0.717) is 29.2 Å². The van der Waals surface area contributed by atoms with E-state index in [-0.39, 0.29) is 29.6 Å². The summed E-state index contributed by atoms with van der Waals surface area (Å²) in [6.07, 6.45) is 0. The minimum Gasteiger partial charge on any atom is -0.411 e. The Morgan fingerprint density at radius 1 is 1.06 bits per heavy atom. The molecule has 2 heterocycles. The highest BCUT2D eigenvalue weighted by atomic mass is 35.5. The van der Waals surface area contributed by atoms with Crippen LogP contribution in [0, 0.1) is 6.92 Å². The normalized spacial score (nSPS) is 15.1. The van der Waals surface area contributed by atoms with Crippen molar-refractivity contribution in [3.8, 4) is 11.5 Å². The second-order valence-electron chi connectivity index (χ2n) is 7.22. The third kappa shape index (κ3) is 4.98. The van der Waals surface area contributed by atoms with E-state index < -0.39 is 10.0 Å². The topological polar surface area (TPSA) is 96.6 Å². The molecule has 0 aliphatic carbocycles. The van der Waals surface area contributed by atoms with Gasteiger partial charge in [0.25, 0.3) is 5.22 Å². The molecule has 11 heteroatoms. The van der Waals surface area contributed by atoms with E-state index in [1.807, 2.05) is 31.2 Å². The van der Waals surface area contributed by atoms with Crippen LogP contribution in [0.15, 0.2) is 63.1 Å². The fraction of sp³-hybridized carbons (Fsp3) is 0.286. The number of hydrogen-bond donors (Lipinski definition) is 0. The maximum absolute atomic E-state index is 12.8. The zero-order chi connectivity index (χ0) is 22.7. The van der Waals surface area contributed by atoms with Gasteiger partial charge >= 0.3 is 0 Å². The van der Waals surface area contributed by atoms with Crippen LogP contribution in [-0.4, -0.2) is 65.7 Å². The van der Waals surface area contributed by atoms with E-state index in [2.05, 4.69) is 10.2 Å². The number of halogens is 1. The minimum absolute atomic E-state index is 0.103. The number of hydrogen-bond acceptors (Lipinski definition) is 7. The third-order valence-electron chi connectivity index (χ3n) is 5.14. The quantitative estimate of drug-likeness (QED) is 0.487. The van der Waals surface area contributed by atoms with Crippen LogP contribution < -0.4 is 0 Å². The first-order valence-corrected chi connectivity index (χ1v) is 12.7. The number of aryl methyl sites for hydroxylation is 1. The summed E-state index contributed by atoms with van der Waals surface area (Å²) in [7, 11) is -3.61. The summed E-state index contributed by atoms with van der Waals surface area (Å²) in [5.74, 6) is 0.451. The number of sulfonamides is 1. The predicted octanol–water partition coefficient (Wildman–Crippen LogP) is 3.32. The van der Waals surface area contributed by atoms with Crippen LogP contribution >= 0.6 is 23.4 Å². The van der Waals surface area contributed by atoms with Crippen LogP contribution in [-0.2, 0) is 14.8 Å². The van der Waals surface area contributed by atoms with Gasteiger partial charge in [-0.3, -0.25) is 4.79 Å². The van der Waals surface area contributed by atoms with Crippen LogP contribution in [0.4, 0.5) is 0 Å². The standard InChI is InChI=1S/C21H21ClN4O4S2/c1-15-4-2-3-5-18(15)20-23-24-21(30-20)31-14-19(27)25-10-12-26(13-11-25)32(28,29)17-8-6-16(22)7-9-17/h2-9H,10-14H2,1H3. The highest BCUT2D eigenvalue weighted by Crippen LogP contribution is 2.26. The van der Waals surface area contributed by atoms with Gasteiger partial charge in [0, 0.05) is 36.8 Å². The second-order valence-corrected chi connectivity index (χ2v) is 10.5. The fourth-order valence-corrected chi connectivity index (χ4v) is 5.55. The summed E-state index contributed by atoms with van der Waals surface area (Å²) >= 11 is 7.02. The van der Waals surface area contributed by atoms with Crippen molar-refractivity contribution in [2.24, 2.45) is 0 Å². The Hall–Kier alpha value is -2.40. The van der Waals surface area contributed by atoms with Crippen LogP contribution in [0.2, 0.25) is 5.02 Å². The molecule has 1 fully saturated rings. The SMILES string of the molecule is Cc1ccccc1-c1nnc(SCC(=O)N2CCN(S(=O)(=O)c3ccc(Cl)cc3)CC2)o1. The minimum atomic E-state index is -3.61. The van der Waals surface area contributed by atoms with E-state index >= 15 is 0 Å². The summed E-state index contributed by atoms with van der Waals surface area (Å²) in [5, 5.41) is 8.87. The average Bonchev–Trinajstić information content (AvgIpc) is 3.27. The van der Waals surface area contributed by atoms with Crippen LogP contribution in [0.3, 0.4) is 0 Å². The van der Waals surface area contributed by atoms with Gasteiger partial charge in [0.15, 0.2) is 0 Å². The molecule has 1 saturated heterocycles. The van der Waals surface area contributed by atoms with Gasteiger partial charge < -0.3 is 9.32 Å². The molecule has 3 aromatic rings. The number of nitrogens with zero attached hydrogens (tertiary/aromatic N) is 4. The molecule has 1 aliphatic heterocycles. The lowest BCUT2D eigenvalue weighted by atomic mass is 10.1. The molecular weight excluding hydrogens is 472 g/mol. The van der Waals surface area contributed by atoms with Gasteiger partial charge in [-0.05, 0) is 42.8 Å². The highest BCUT2D eigenvalue weighted by Gasteiger charge is 2.30. The zero-order valence-corrected chi connectivity index (χ0v) is 19.7. The summed E-state index contributed by atoms with van der Waals surface area (Å²) in [5.41, 5.74) is 1.88. The van der Waals surface area contributed by atoms with Gasteiger partial charge in [-0.1, -0.05) is 41.6 Å². The molecule has 1 aromatic heterocycles. The molecular formula is C21H21ClN4O4S2. The maximum atomic E-state index is 12.8. The van der Waals surface area contributed by atoms with Crippen LogP contribution in [0.25, 0.3) is 11.5 Å². The highest BCUT2D eigenvalue weighted by molar-refractivity contribution is 7.99. The first kappa shape index (κ1) is 22.8. The van der Waals surface area contributed by atoms with E-state index in [4.69, 9.17) is 16.0 Å². The van der Waals surface area contributed by atoms with Crippen molar-refractivity contribution in [1.29, 1.82) is 0 Å². The summed E-state index contributed by atoms with van der Waals surface area (Å²) in [6, 6.07) is 13.8. The van der Waals surface area contributed by atoms with Gasteiger partial charge in [-0.15, -0.1) is 10.2 Å². The molecule has 8 nitrogen and oxygen atoms in total. The molecule has 32 heavy (non-hydrogen) atoms. The number of piperazine rings is 1. The Morgan fingerprint density at radius 2 is 1.75 bits per heavy atom. The largest absolute Gasteiger partial charge is 0.411 e. The molecule has 0 atom stereocenters. The van der Waals surface area contributed by atoms with Crippen molar-refractivity contribution in [3.63, 3.8) is 0 Å². The molecule has 0 bridgehead atoms. The van der Waals surface area contributed by atoms with Gasteiger partial charge in [-0.2, -0.15) is 4.31 Å². The number of carbonyl (C=O) groups is 1. The Labute approximate surface area is 195 Å². The lowest BCUT2D eigenvalue weighted by molar-refractivity contribution is -0.129. The molecule has 1 aliphatic rings. The zero-order valence-electron chi connectivity index (χ0n) is 17.3. The van der Waals surface area contributed by atoms with E-state index in [0.717, 1.165) is 11.1 Å². The van der Waals surface area contributed by atoms with Gasteiger partial charge in [0.2, 0.25) is 21.8 Å². The summed E-state index contributed by atoms with van der Waals surface area (Å²) < 4.78 is 32.6. The lowest BCUT2D eigenvalue weighted by Crippen LogP contribution is -2.50. The third-order valence-corrected chi connectivity index (χ3v) is 8.11. The molecule has 0 N–H and O–H groups in total. The van der Waals surface area contributed by atoms with Crippen molar-refractivity contribution < 1.29 is 17.6 Å². The number of carbonyl (C=O) groups excluding carboxylic acids is 1. The Bertz CT molecular complexity index is 1210. The molecule has 0 spiro atoms. The molecule has 0 radical (unpaired) electrons. The van der Waals surface area contributed by atoms with E-state index in [1.54, 1.807) is 17.0 Å². The lowest BCUT2D eigenvalue weighted by Gasteiger charge is -2.33. The summed E-state index contributed by atoms with van der Waals surface area (Å²) in [6.45, 7) is 3.08. The number of amides is 1. The van der Waals surface area contributed by atoms with Gasteiger partial charge in [0.05, 0.1) is 10.6 Å². The van der Waals surface area contributed by atoms with E-state index in [9.17, 15) is 13.2 Å². The average molecular weight is 493 g/mol. The monoisotopic (exact) mass is 492 g/mol. The van der Waals surface area contributed by atoms with Crippen molar-refractivity contribution in [2.75, 3.05) is 31.9 Å². The first-order chi connectivity index (χ1) is 15.3. The van der Waals surface area contributed by atoms with Crippen LogP contribution in [0.1, 0.15) is 5.56 Å². The Balaban J connectivity index is 1.31. The predicted molar refractivity (Wildman–Crippen MR) is 122 cm³/mol. The summed E-state index contributed by atoms with van der Waals surface area (Å²) in [4.78, 5) is 14.4. The number of thioether (sulfide) groups is 1.